The number of carboxylic acid groups (broad SMARTS) is 1. The van der Waals surface area contributed by atoms with Gasteiger partial charge in [-0.2, -0.15) is 0 Å². The van der Waals surface area contributed by atoms with Gasteiger partial charge in [0.2, 0.25) is 59.1 Å². The number of aliphatic carboxylic acids is 1. The summed E-state index contributed by atoms with van der Waals surface area (Å²) in [7, 11) is 0. The molecule has 11 unspecified atom stereocenters. The fourth-order valence-electron chi connectivity index (χ4n) is 9.21. The maximum Gasteiger partial charge on any atom is 0.325 e. The number of Topliss-reactive ketones (excluding diaryl/α,β-unsaturated/α-hetero) is 1. The van der Waals surface area contributed by atoms with Gasteiger partial charge >= 0.3 is 5.97 Å². The molecular formula is C60H104N10O15. The van der Waals surface area contributed by atoms with Crippen LogP contribution in [-0.2, 0) is 57.5 Å². The summed E-state index contributed by atoms with van der Waals surface area (Å²) in [6.45, 7) is 29.3. The number of hydrogen-bond acceptors (Lipinski definition) is 14. The topological polar surface area (TPSA) is 377 Å². The van der Waals surface area contributed by atoms with Crippen LogP contribution in [-0.4, -0.2) is 169 Å². The van der Waals surface area contributed by atoms with E-state index in [0.717, 1.165) is 6.42 Å². The molecule has 85 heavy (non-hydrogen) atoms. The zero-order valence-corrected chi connectivity index (χ0v) is 53.7. The molecule has 10 amide bonds. The molecule has 1 aliphatic heterocycles. The Balaban J connectivity index is 3.45. The number of likely N-dealkylation sites (tertiary alicyclic amines) is 1. The number of rotatable bonds is 36. The second-order valence-electron chi connectivity index (χ2n) is 26.0. The van der Waals surface area contributed by atoms with Gasteiger partial charge in [0.25, 0.3) is 0 Å². The molecule has 0 aliphatic carbocycles. The van der Waals surface area contributed by atoms with Crippen LogP contribution in [0.5, 0.6) is 0 Å². The molecule has 1 fully saturated rings. The van der Waals surface area contributed by atoms with Crippen molar-refractivity contribution in [2.24, 2.45) is 35.5 Å². The molecule has 1 rings (SSSR count). The van der Waals surface area contributed by atoms with E-state index in [9.17, 15) is 67.7 Å². The van der Waals surface area contributed by atoms with Gasteiger partial charge in [0, 0.05) is 32.4 Å². The van der Waals surface area contributed by atoms with Crippen LogP contribution in [0.1, 0.15) is 182 Å². The van der Waals surface area contributed by atoms with Crippen molar-refractivity contribution in [3.63, 3.8) is 0 Å². The lowest BCUT2D eigenvalue weighted by molar-refractivity contribution is -0.141. The lowest BCUT2D eigenvalue weighted by atomic mass is 9.92. The van der Waals surface area contributed by atoms with Crippen LogP contribution in [0, 0.1) is 35.5 Å². The van der Waals surface area contributed by atoms with E-state index in [1.165, 1.54) is 59.4 Å². The highest BCUT2D eigenvalue weighted by atomic mass is 16.4. The van der Waals surface area contributed by atoms with Gasteiger partial charge in [-0.1, -0.05) is 88.7 Å². The van der Waals surface area contributed by atoms with Gasteiger partial charge in [-0.3, -0.25) is 57.5 Å². The highest BCUT2D eigenvalue weighted by Gasteiger charge is 2.43. The number of aliphatic hydroxyl groups excluding tert-OH is 2. The molecule has 0 saturated carbocycles. The highest BCUT2D eigenvalue weighted by molar-refractivity contribution is 6.00. The third-order valence-electron chi connectivity index (χ3n) is 14.8. The number of carboxylic acids is 1. The van der Waals surface area contributed by atoms with Crippen molar-refractivity contribution in [2.45, 2.75) is 247 Å². The smallest absolute Gasteiger partial charge is 0.325 e. The minimum atomic E-state index is -1.84. The van der Waals surface area contributed by atoms with Gasteiger partial charge in [0.15, 0.2) is 0 Å². The van der Waals surface area contributed by atoms with E-state index < -0.39 is 136 Å². The van der Waals surface area contributed by atoms with Crippen molar-refractivity contribution >= 4 is 70.8 Å². The standard InChI is InChI=1S/C60H104N10O15/c1-19-35(9)21-22-46(74)70-31-37(11)29-44(70)52(79)64-43(28-36(10)27-40(72)30-39(71)20-2)50(77)66-47(48(75)34(7)8)53(80)68-59(15,16)56(84)65-41(25-32(3)4)49(76)63-42(26-33(5)6)51(78)67-60(17,18)57(85)69-58(13,14)55(83)61-24-23-45(73)62-38(12)54(81)82/h21-22,32-38,40-44,47-48,72,75H,19-20,23-31H2,1-18H3,(H,61,83)(H,62,73)(H,63,76)(H,64,79)(H,65,84)(H,66,77)(H,67,78)(H,68,80)(H,69,85)(H,81,82). The number of hydrogen-bond donors (Lipinski definition) is 12. The van der Waals surface area contributed by atoms with Crippen molar-refractivity contribution in [3.05, 3.63) is 12.2 Å². The molecular weight excluding hydrogens is 1100 g/mol. The second-order valence-corrected chi connectivity index (χ2v) is 26.0. The molecule has 0 spiro atoms. The number of amides is 10. The van der Waals surface area contributed by atoms with Crippen LogP contribution in [0.3, 0.4) is 0 Å². The van der Waals surface area contributed by atoms with Crippen molar-refractivity contribution in [2.75, 3.05) is 13.1 Å². The Bertz CT molecular complexity index is 2370. The van der Waals surface area contributed by atoms with Crippen LogP contribution < -0.4 is 47.9 Å². The van der Waals surface area contributed by atoms with Crippen LogP contribution in [0.4, 0.5) is 0 Å². The molecule has 25 heteroatoms. The molecule has 1 heterocycles. The summed E-state index contributed by atoms with van der Waals surface area (Å²) in [5, 5.41) is 54.8. The predicted molar refractivity (Wildman–Crippen MR) is 319 cm³/mol. The van der Waals surface area contributed by atoms with E-state index in [-0.39, 0.29) is 93.4 Å². The van der Waals surface area contributed by atoms with Crippen LogP contribution in [0.2, 0.25) is 0 Å². The fraction of sp³-hybridized carbons (Fsp3) is 0.767. The average molecular weight is 1210 g/mol. The third kappa shape index (κ3) is 26.3. The monoisotopic (exact) mass is 1200 g/mol. The van der Waals surface area contributed by atoms with E-state index in [1.807, 2.05) is 20.8 Å². The molecule has 0 radical (unpaired) electrons. The SMILES string of the molecule is CCC(=O)CC(O)CC(C)CC(NC(=O)C1CC(C)CN1C(=O)C=CC(C)CC)C(=O)NC(C(=O)NC(C)(C)C(=O)NC(CC(C)C)C(=O)NC(CC(C)C)C(=O)NC(C)(C)C(=O)NC(C)(C)C(=O)NCCC(=O)NC(C)C(=O)O)C(O)C(C)C. The zero-order chi connectivity index (χ0) is 65.6. The van der Waals surface area contributed by atoms with Crippen molar-refractivity contribution < 1.29 is 72.9 Å². The Morgan fingerprint density at radius 3 is 1.66 bits per heavy atom. The van der Waals surface area contributed by atoms with Gasteiger partial charge in [0.1, 0.15) is 58.7 Å². The molecule has 12 N–H and O–H groups in total. The Morgan fingerprint density at radius 1 is 0.612 bits per heavy atom. The molecule has 25 nitrogen and oxygen atoms in total. The van der Waals surface area contributed by atoms with E-state index in [0.29, 0.717) is 6.42 Å². The van der Waals surface area contributed by atoms with Gasteiger partial charge in [-0.25, -0.2) is 0 Å². The summed E-state index contributed by atoms with van der Waals surface area (Å²) >= 11 is 0. The maximum atomic E-state index is 14.5. The van der Waals surface area contributed by atoms with Crippen molar-refractivity contribution in [1.29, 1.82) is 0 Å². The largest absolute Gasteiger partial charge is 0.480 e. The Hall–Kier alpha value is -6.50. The minimum absolute atomic E-state index is 0.0530. The molecule has 11 atom stereocenters. The van der Waals surface area contributed by atoms with Gasteiger partial charge in [-0.05, 0) is 122 Å². The maximum absolute atomic E-state index is 14.5. The van der Waals surface area contributed by atoms with Crippen LogP contribution in [0.25, 0.3) is 0 Å². The molecule has 1 saturated heterocycles. The zero-order valence-electron chi connectivity index (χ0n) is 53.7. The number of nitrogens with one attached hydrogen (secondary N) is 9. The fourth-order valence-corrected chi connectivity index (χ4v) is 9.21. The number of carbonyl (C=O) groups excluding carboxylic acids is 11. The first-order valence-corrected chi connectivity index (χ1v) is 29.9. The summed E-state index contributed by atoms with van der Waals surface area (Å²) in [6.07, 6.45) is 1.68. The van der Waals surface area contributed by atoms with Gasteiger partial charge in [0.05, 0.1) is 12.2 Å². The van der Waals surface area contributed by atoms with Crippen LogP contribution >= 0.6 is 0 Å². The number of ketones is 1. The van der Waals surface area contributed by atoms with E-state index in [1.54, 1.807) is 61.5 Å². The van der Waals surface area contributed by atoms with Crippen molar-refractivity contribution in [3.8, 4) is 0 Å². The highest BCUT2D eigenvalue weighted by Crippen LogP contribution is 2.25. The summed E-state index contributed by atoms with van der Waals surface area (Å²) in [5.74, 6) is -10.2. The molecule has 0 aromatic carbocycles. The first-order valence-electron chi connectivity index (χ1n) is 29.9. The third-order valence-corrected chi connectivity index (χ3v) is 14.8. The quantitative estimate of drug-likeness (QED) is 0.0398. The molecule has 484 valence electrons. The lowest BCUT2D eigenvalue weighted by Crippen LogP contribution is -2.66. The molecule has 0 aromatic heterocycles. The molecule has 1 aliphatic rings. The molecule has 0 bridgehead atoms. The second kappa shape index (κ2) is 34.6. The lowest BCUT2D eigenvalue weighted by Gasteiger charge is -2.34. The van der Waals surface area contributed by atoms with Crippen molar-refractivity contribution in [1.82, 2.24) is 52.8 Å². The first-order chi connectivity index (χ1) is 39.1. The number of nitrogens with zero attached hydrogens (tertiary/aromatic N) is 1. The Labute approximate surface area is 503 Å². The Morgan fingerprint density at radius 2 is 1.13 bits per heavy atom. The van der Waals surface area contributed by atoms with Gasteiger partial charge in [-0.15, -0.1) is 0 Å². The van der Waals surface area contributed by atoms with Crippen LogP contribution in [0.15, 0.2) is 12.2 Å². The number of allylic oxidation sites excluding steroid dienone is 1. The number of carbonyl (C=O) groups is 12. The Kier molecular flexibility index (Phi) is 31.1. The van der Waals surface area contributed by atoms with Gasteiger partial charge < -0.3 is 68.1 Å². The average Bonchev–Trinajstić information content (AvgIpc) is 3.91. The van der Waals surface area contributed by atoms with E-state index in [2.05, 4.69) is 47.9 Å². The summed E-state index contributed by atoms with van der Waals surface area (Å²) < 4.78 is 0. The predicted octanol–water partition coefficient (Wildman–Crippen LogP) is 1.80. The van der Waals surface area contributed by atoms with E-state index in [4.69, 9.17) is 5.11 Å². The molecule has 0 aromatic rings. The summed E-state index contributed by atoms with van der Waals surface area (Å²) in [5.41, 5.74) is -5.08. The summed E-state index contributed by atoms with van der Waals surface area (Å²) in [4.78, 5) is 163. The summed E-state index contributed by atoms with van der Waals surface area (Å²) in [6, 6.07) is -7.74. The normalized spacial score (nSPS) is 17.9. The first kappa shape index (κ1) is 76.5. The minimum Gasteiger partial charge on any atom is -0.480 e. The number of aliphatic hydroxyl groups is 2. The van der Waals surface area contributed by atoms with E-state index >= 15 is 0 Å².